The third kappa shape index (κ3) is 2.80. The Morgan fingerprint density at radius 2 is 1.75 bits per heavy atom. The molecule has 0 saturated carbocycles. The summed E-state index contributed by atoms with van der Waals surface area (Å²) >= 11 is 0. The first kappa shape index (κ1) is 16.8. The Balaban J connectivity index is 1.54. The molecule has 1 atom stereocenters. The van der Waals surface area contributed by atoms with E-state index in [4.69, 9.17) is 9.40 Å². The van der Waals surface area contributed by atoms with Gasteiger partial charge >= 0.3 is 0 Å². The number of oxazole rings is 1. The number of rotatable bonds is 3. The molecule has 2 aromatic heterocycles. The van der Waals surface area contributed by atoms with Gasteiger partial charge in [-0.2, -0.15) is 5.10 Å². The van der Waals surface area contributed by atoms with Crippen LogP contribution >= 0.6 is 0 Å². The summed E-state index contributed by atoms with van der Waals surface area (Å²) in [5.41, 5.74) is 3.90. The van der Waals surface area contributed by atoms with Gasteiger partial charge in [-0.25, -0.2) is 9.67 Å². The molecule has 0 bridgehead atoms. The quantitative estimate of drug-likeness (QED) is 0.517. The lowest BCUT2D eigenvalue weighted by atomic mass is 9.89. The number of aromatic nitrogens is 3. The molecule has 1 aliphatic rings. The molecular formula is C23H22N4O. The van der Waals surface area contributed by atoms with Crippen molar-refractivity contribution < 1.29 is 4.42 Å². The molecule has 140 valence electrons. The van der Waals surface area contributed by atoms with Crippen molar-refractivity contribution in [1.29, 1.82) is 0 Å². The first-order valence-electron chi connectivity index (χ1n) is 9.53. The van der Waals surface area contributed by atoms with E-state index in [1.165, 1.54) is 5.56 Å². The van der Waals surface area contributed by atoms with Crippen LogP contribution in [0.3, 0.4) is 0 Å². The Hall–Kier alpha value is -3.34. The van der Waals surface area contributed by atoms with Gasteiger partial charge in [-0.15, -0.1) is 0 Å². The van der Waals surface area contributed by atoms with E-state index >= 15 is 0 Å². The van der Waals surface area contributed by atoms with Crippen LogP contribution in [0.5, 0.6) is 0 Å². The summed E-state index contributed by atoms with van der Waals surface area (Å²) < 4.78 is 7.88. The van der Waals surface area contributed by atoms with Gasteiger partial charge in [0.05, 0.1) is 23.3 Å². The van der Waals surface area contributed by atoms with Crippen molar-refractivity contribution in [3.63, 3.8) is 0 Å². The lowest BCUT2D eigenvalue weighted by Gasteiger charge is -2.38. The average Bonchev–Trinajstić information content (AvgIpc) is 3.36. The largest absolute Gasteiger partial charge is 0.444 e. The number of hydrogen-bond donors (Lipinski definition) is 1. The van der Waals surface area contributed by atoms with Crippen molar-refractivity contribution in [3.05, 3.63) is 78.7 Å². The minimum Gasteiger partial charge on any atom is -0.444 e. The fraction of sp³-hybridized carbons (Fsp3) is 0.217. The SMILES string of the molecule is CC1(C)CC(c2ccccc2)Nc2c(-c3nc(-c4ccccc4)co3)cnn21. The molecule has 0 fully saturated rings. The summed E-state index contributed by atoms with van der Waals surface area (Å²) in [7, 11) is 0. The van der Waals surface area contributed by atoms with E-state index in [0.29, 0.717) is 5.89 Å². The van der Waals surface area contributed by atoms with Gasteiger partial charge in [0, 0.05) is 5.56 Å². The standard InChI is InChI=1S/C23H22N4O/c1-23(2)13-19(16-9-5-3-6-10-16)25-21-18(14-24-27(21)23)22-26-20(15-28-22)17-11-7-4-8-12-17/h3-12,14-15,19,25H,13H2,1-2H3. The van der Waals surface area contributed by atoms with Crippen LogP contribution in [-0.2, 0) is 5.54 Å². The number of anilines is 1. The van der Waals surface area contributed by atoms with E-state index in [2.05, 4.69) is 48.5 Å². The van der Waals surface area contributed by atoms with Crippen molar-refractivity contribution in [3.8, 4) is 22.7 Å². The van der Waals surface area contributed by atoms with Crippen molar-refractivity contribution in [2.24, 2.45) is 0 Å². The van der Waals surface area contributed by atoms with Gasteiger partial charge in [0.2, 0.25) is 5.89 Å². The number of benzene rings is 2. The zero-order valence-electron chi connectivity index (χ0n) is 16.0. The van der Waals surface area contributed by atoms with Gasteiger partial charge in [-0.1, -0.05) is 60.7 Å². The Kier molecular flexibility index (Phi) is 3.83. The van der Waals surface area contributed by atoms with Crippen LogP contribution in [-0.4, -0.2) is 14.8 Å². The van der Waals surface area contributed by atoms with Gasteiger partial charge < -0.3 is 9.73 Å². The Bertz CT molecular complexity index is 1100. The summed E-state index contributed by atoms with van der Waals surface area (Å²) in [5.74, 6) is 1.53. The first-order valence-corrected chi connectivity index (χ1v) is 9.53. The molecule has 28 heavy (non-hydrogen) atoms. The highest BCUT2D eigenvalue weighted by Gasteiger charge is 2.36. The van der Waals surface area contributed by atoms with Crippen LogP contribution in [0.4, 0.5) is 5.82 Å². The molecular weight excluding hydrogens is 348 g/mol. The Morgan fingerprint density at radius 1 is 1.04 bits per heavy atom. The van der Waals surface area contributed by atoms with E-state index in [1.807, 2.05) is 47.3 Å². The topological polar surface area (TPSA) is 55.9 Å². The van der Waals surface area contributed by atoms with Crippen molar-refractivity contribution in [2.45, 2.75) is 31.8 Å². The molecule has 0 aliphatic carbocycles. The minimum atomic E-state index is -0.117. The van der Waals surface area contributed by atoms with Crippen LogP contribution in [0, 0.1) is 0 Å². The average molecular weight is 370 g/mol. The molecule has 0 saturated heterocycles. The molecule has 5 rings (SSSR count). The maximum Gasteiger partial charge on any atom is 0.231 e. The van der Waals surface area contributed by atoms with E-state index in [0.717, 1.165) is 29.1 Å². The van der Waals surface area contributed by atoms with Crippen LogP contribution < -0.4 is 5.32 Å². The van der Waals surface area contributed by atoms with Gasteiger partial charge in [0.15, 0.2) is 0 Å². The second-order valence-electron chi connectivity index (χ2n) is 7.85. The van der Waals surface area contributed by atoms with Gasteiger partial charge in [0.25, 0.3) is 0 Å². The zero-order chi connectivity index (χ0) is 19.1. The summed E-state index contributed by atoms with van der Waals surface area (Å²) in [6, 6.07) is 20.8. The molecule has 2 aromatic carbocycles. The van der Waals surface area contributed by atoms with Crippen molar-refractivity contribution in [1.82, 2.24) is 14.8 Å². The zero-order valence-corrected chi connectivity index (χ0v) is 16.0. The smallest absolute Gasteiger partial charge is 0.231 e. The van der Waals surface area contributed by atoms with Crippen LogP contribution in [0.1, 0.15) is 31.9 Å². The fourth-order valence-corrected chi connectivity index (χ4v) is 3.93. The van der Waals surface area contributed by atoms with Crippen LogP contribution in [0.2, 0.25) is 0 Å². The maximum absolute atomic E-state index is 5.83. The Labute approximate surface area is 164 Å². The lowest BCUT2D eigenvalue weighted by Crippen LogP contribution is -2.37. The summed E-state index contributed by atoms with van der Waals surface area (Å²) in [6.45, 7) is 4.43. The Morgan fingerprint density at radius 3 is 2.50 bits per heavy atom. The summed E-state index contributed by atoms with van der Waals surface area (Å²) in [4.78, 5) is 4.72. The van der Waals surface area contributed by atoms with E-state index < -0.39 is 0 Å². The molecule has 1 aliphatic heterocycles. The van der Waals surface area contributed by atoms with Crippen LogP contribution in [0.15, 0.2) is 77.5 Å². The number of hydrogen-bond acceptors (Lipinski definition) is 4. The molecule has 4 aromatic rings. The third-order valence-corrected chi connectivity index (χ3v) is 5.36. The molecule has 5 heteroatoms. The predicted molar refractivity (Wildman–Crippen MR) is 110 cm³/mol. The fourth-order valence-electron chi connectivity index (χ4n) is 3.93. The molecule has 1 N–H and O–H groups in total. The molecule has 0 amide bonds. The molecule has 5 nitrogen and oxygen atoms in total. The van der Waals surface area contributed by atoms with E-state index in [9.17, 15) is 0 Å². The number of nitrogens with zero attached hydrogens (tertiary/aromatic N) is 3. The number of fused-ring (bicyclic) bond motifs is 1. The molecule has 3 heterocycles. The van der Waals surface area contributed by atoms with Crippen molar-refractivity contribution >= 4 is 5.82 Å². The normalized spacial score (nSPS) is 17.7. The maximum atomic E-state index is 5.83. The number of nitrogens with one attached hydrogen (secondary N) is 1. The van der Waals surface area contributed by atoms with Crippen molar-refractivity contribution in [2.75, 3.05) is 5.32 Å². The second-order valence-corrected chi connectivity index (χ2v) is 7.85. The third-order valence-electron chi connectivity index (χ3n) is 5.36. The molecule has 0 radical (unpaired) electrons. The van der Waals surface area contributed by atoms with Gasteiger partial charge in [-0.05, 0) is 25.8 Å². The van der Waals surface area contributed by atoms with Gasteiger partial charge in [-0.3, -0.25) is 0 Å². The van der Waals surface area contributed by atoms with Crippen LogP contribution in [0.25, 0.3) is 22.7 Å². The highest BCUT2D eigenvalue weighted by molar-refractivity contribution is 5.72. The molecule has 0 spiro atoms. The molecule has 1 unspecified atom stereocenters. The first-order chi connectivity index (χ1) is 13.6. The highest BCUT2D eigenvalue weighted by atomic mass is 16.3. The lowest BCUT2D eigenvalue weighted by molar-refractivity contribution is 0.263. The predicted octanol–water partition coefficient (Wildman–Crippen LogP) is 5.50. The second kappa shape index (κ2) is 6.37. The van der Waals surface area contributed by atoms with E-state index in [1.54, 1.807) is 6.26 Å². The highest BCUT2D eigenvalue weighted by Crippen LogP contribution is 2.42. The van der Waals surface area contributed by atoms with E-state index in [-0.39, 0.29) is 11.6 Å². The minimum absolute atomic E-state index is 0.117. The van der Waals surface area contributed by atoms with Gasteiger partial charge in [0.1, 0.15) is 17.8 Å². The monoisotopic (exact) mass is 370 g/mol. The summed E-state index contributed by atoms with van der Waals surface area (Å²) in [5, 5.41) is 8.32. The summed E-state index contributed by atoms with van der Waals surface area (Å²) in [6.07, 6.45) is 4.50.